The van der Waals surface area contributed by atoms with E-state index in [0.717, 1.165) is 18.1 Å². The zero-order valence-electron chi connectivity index (χ0n) is 11.9. The summed E-state index contributed by atoms with van der Waals surface area (Å²) in [5, 5.41) is 11.8. The van der Waals surface area contributed by atoms with Gasteiger partial charge in [0.25, 0.3) is 17.5 Å². The molecule has 0 fully saturated rings. The molecule has 0 aromatic heterocycles. The Kier molecular flexibility index (Phi) is 3.29. The van der Waals surface area contributed by atoms with Crippen LogP contribution in [0.15, 0.2) is 30.3 Å². The molecule has 3 rings (SSSR count). The fourth-order valence-electron chi connectivity index (χ4n) is 2.58. The molecule has 8 heteroatoms. The summed E-state index contributed by atoms with van der Waals surface area (Å²) in [7, 11) is 1.14. The highest BCUT2D eigenvalue weighted by molar-refractivity contribution is 6.26. The number of non-ortho nitro benzene ring substituents is 1. The van der Waals surface area contributed by atoms with Crippen molar-refractivity contribution in [3.63, 3.8) is 0 Å². The number of carbonyl (C=O) groups excluding carboxylic acids is 3. The third kappa shape index (κ3) is 2.20. The number of nitrogens with zero attached hydrogens (tertiary/aromatic N) is 2. The van der Waals surface area contributed by atoms with E-state index in [1.165, 1.54) is 12.1 Å². The monoisotopic (exact) mass is 314 g/mol. The van der Waals surface area contributed by atoms with Gasteiger partial charge in [-0.15, -0.1) is 0 Å². The van der Waals surface area contributed by atoms with E-state index in [9.17, 15) is 24.5 Å². The maximum absolute atomic E-state index is 12.5. The number of nitro benzene ring substituents is 1. The van der Waals surface area contributed by atoms with Gasteiger partial charge in [0.05, 0.1) is 17.6 Å². The Hall–Kier alpha value is -3.29. The van der Waals surface area contributed by atoms with Gasteiger partial charge in [-0.3, -0.25) is 29.4 Å². The van der Waals surface area contributed by atoms with Gasteiger partial charge in [-0.25, -0.2) is 0 Å². The van der Waals surface area contributed by atoms with Gasteiger partial charge in [0, 0.05) is 23.1 Å². The predicted molar refractivity (Wildman–Crippen MR) is 78.0 cm³/mol. The van der Waals surface area contributed by atoms with Crippen LogP contribution >= 0.6 is 0 Å². The van der Waals surface area contributed by atoms with Crippen LogP contribution in [-0.2, 0) is 9.53 Å². The molecule has 2 aromatic carbocycles. The Morgan fingerprint density at radius 1 is 1.22 bits per heavy atom. The molecule has 0 N–H and O–H groups in total. The topological polar surface area (TPSA) is 107 Å². The summed E-state index contributed by atoms with van der Waals surface area (Å²) in [6.45, 7) is -0.549. The summed E-state index contributed by atoms with van der Waals surface area (Å²) in [5.41, 5.74) is -0.0189. The molecule has 1 aliphatic rings. The molecule has 116 valence electrons. The second kappa shape index (κ2) is 5.16. The van der Waals surface area contributed by atoms with Crippen molar-refractivity contribution in [2.24, 2.45) is 0 Å². The number of benzene rings is 2. The molecule has 8 nitrogen and oxygen atoms in total. The van der Waals surface area contributed by atoms with Crippen molar-refractivity contribution in [3.8, 4) is 0 Å². The molecular weight excluding hydrogens is 304 g/mol. The Balaban J connectivity index is 2.25. The van der Waals surface area contributed by atoms with E-state index >= 15 is 0 Å². The Labute approximate surface area is 129 Å². The van der Waals surface area contributed by atoms with Gasteiger partial charge in [-0.2, -0.15) is 0 Å². The fourth-order valence-corrected chi connectivity index (χ4v) is 2.58. The first-order chi connectivity index (χ1) is 10.9. The SMILES string of the molecule is COC(=O)CN1C(=O)c2cccc3cc([N+](=O)[O-])cc(c23)C1=O. The lowest BCUT2D eigenvalue weighted by molar-refractivity contribution is -0.384. The number of carbonyl (C=O) groups is 3. The van der Waals surface area contributed by atoms with E-state index in [2.05, 4.69) is 4.74 Å². The van der Waals surface area contributed by atoms with Crippen molar-refractivity contribution in [2.75, 3.05) is 13.7 Å². The van der Waals surface area contributed by atoms with E-state index < -0.39 is 29.3 Å². The largest absolute Gasteiger partial charge is 0.468 e. The number of imide groups is 1. The van der Waals surface area contributed by atoms with Gasteiger partial charge in [-0.05, 0) is 11.5 Å². The first kappa shape index (κ1) is 14.6. The average molecular weight is 314 g/mol. The molecule has 2 amide bonds. The number of hydrogen-bond donors (Lipinski definition) is 0. The van der Waals surface area contributed by atoms with Crippen LogP contribution < -0.4 is 0 Å². The van der Waals surface area contributed by atoms with Crippen molar-refractivity contribution >= 4 is 34.2 Å². The minimum absolute atomic E-state index is 0.0216. The van der Waals surface area contributed by atoms with Gasteiger partial charge in [0.15, 0.2) is 0 Å². The molecule has 1 aliphatic heterocycles. The maximum atomic E-state index is 12.5. The quantitative estimate of drug-likeness (QED) is 0.368. The van der Waals surface area contributed by atoms with E-state index in [4.69, 9.17) is 0 Å². The molecule has 1 heterocycles. The number of ether oxygens (including phenoxy) is 1. The van der Waals surface area contributed by atoms with Crippen molar-refractivity contribution in [1.82, 2.24) is 4.90 Å². The van der Waals surface area contributed by atoms with Gasteiger partial charge in [0.1, 0.15) is 6.54 Å². The molecule has 0 spiro atoms. The van der Waals surface area contributed by atoms with Gasteiger partial charge in [0.2, 0.25) is 0 Å². The zero-order chi connectivity index (χ0) is 16.7. The van der Waals surface area contributed by atoms with E-state index in [1.54, 1.807) is 12.1 Å². The van der Waals surface area contributed by atoms with Crippen molar-refractivity contribution in [2.45, 2.75) is 0 Å². The second-order valence-electron chi connectivity index (χ2n) is 4.93. The number of rotatable bonds is 3. The molecule has 0 aliphatic carbocycles. The summed E-state index contributed by atoms with van der Waals surface area (Å²) in [5.74, 6) is -2.15. The van der Waals surface area contributed by atoms with Gasteiger partial charge >= 0.3 is 5.97 Å². The molecule has 0 atom stereocenters. The summed E-state index contributed by atoms with van der Waals surface area (Å²) in [6.07, 6.45) is 0. The molecule has 23 heavy (non-hydrogen) atoms. The Morgan fingerprint density at radius 3 is 2.57 bits per heavy atom. The van der Waals surface area contributed by atoms with Crippen molar-refractivity contribution in [1.29, 1.82) is 0 Å². The van der Waals surface area contributed by atoms with Crippen molar-refractivity contribution < 1.29 is 24.0 Å². The number of hydrogen-bond acceptors (Lipinski definition) is 6. The number of nitro groups is 1. The van der Waals surface area contributed by atoms with Gasteiger partial charge in [-0.1, -0.05) is 12.1 Å². The van der Waals surface area contributed by atoms with Gasteiger partial charge < -0.3 is 4.74 Å². The van der Waals surface area contributed by atoms with E-state index in [-0.39, 0.29) is 16.8 Å². The average Bonchev–Trinajstić information content (AvgIpc) is 2.55. The van der Waals surface area contributed by atoms with Crippen LogP contribution in [-0.4, -0.2) is 41.3 Å². The normalized spacial score (nSPS) is 13.3. The lowest BCUT2D eigenvalue weighted by atomic mass is 9.93. The highest BCUT2D eigenvalue weighted by atomic mass is 16.6. The van der Waals surface area contributed by atoms with E-state index in [0.29, 0.717) is 10.8 Å². The van der Waals surface area contributed by atoms with Crippen LogP contribution in [0.4, 0.5) is 5.69 Å². The molecule has 2 aromatic rings. The summed E-state index contributed by atoms with van der Waals surface area (Å²) >= 11 is 0. The lowest BCUT2D eigenvalue weighted by Gasteiger charge is -2.26. The van der Waals surface area contributed by atoms with E-state index in [1.807, 2.05) is 0 Å². The first-order valence-electron chi connectivity index (χ1n) is 6.58. The summed E-state index contributed by atoms with van der Waals surface area (Å²) in [4.78, 5) is 47.5. The number of esters is 1. The Bertz CT molecular complexity index is 889. The zero-order valence-corrected chi connectivity index (χ0v) is 11.9. The first-order valence-corrected chi connectivity index (χ1v) is 6.58. The van der Waals surface area contributed by atoms with Crippen LogP contribution in [0, 0.1) is 10.1 Å². The third-order valence-corrected chi connectivity index (χ3v) is 3.64. The molecule has 0 radical (unpaired) electrons. The lowest BCUT2D eigenvalue weighted by Crippen LogP contribution is -2.43. The van der Waals surface area contributed by atoms with Crippen LogP contribution in [0.1, 0.15) is 20.7 Å². The molecule has 0 bridgehead atoms. The summed E-state index contributed by atoms with van der Waals surface area (Å²) < 4.78 is 4.48. The maximum Gasteiger partial charge on any atom is 0.325 e. The fraction of sp³-hybridized carbons (Fsp3) is 0.133. The van der Waals surface area contributed by atoms with Crippen LogP contribution in [0.2, 0.25) is 0 Å². The number of amides is 2. The second-order valence-corrected chi connectivity index (χ2v) is 4.93. The molecule has 0 unspecified atom stereocenters. The minimum Gasteiger partial charge on any atom is -0.468 e. The van der Waals surface area contributed by atoms with Crippen LogP contribution in [0.3, 0.4) is 0 Å². The van der Waals surface area contributed by atoms with Crippen LogP contribution in [0.25, 0.3) is 10.8 Å². The smallest absolute Gasteiger partial charge is 0.325 e. The highest BCUT2D eigenvalue weighted by Gasteiger charge is 2.35. The molecule has 0 saturated carbocycles. The minimum atomic E-state index is -0.757. The predicted octanol–water partition coefficient (Wildman–Crippen LogP) is 1.52. The standard InChI is InChI=1S/C15H10N2O6/c1-23-12(18)7-16-14(19)10-4-2-3-8-5-9(17(21)22)6-11(13(8)10)15(16)20/h2-6H,7H2,1H3. The summed E-state index contributed by atoms with van der Waals surface area (Å²) in [6, 6.07) is 7.08. The van der Waals surface area contributed by atoms with Crippen LogP contribution in [0.5, 0.6) is 0 Å². The Morgan fingerprint density at radius 2 is 1.91 bits per heavy atom. The molecular formula is C15H10N2O6. The number of methoxy groups -OCH3 is 1. The molecule has 0 saturated heterocycles. The van der Waals surface area contributed by atoms with Crippen molar-refractivity contribution in [3.05, 3.63) is 51.6 Å². The highest BCUT2D eigenvalue weighted by Crippen LogP contribution is 2.33. The third-order valence-electron chi connectivity index (χ3n) is 3.64.